The number of nitrogens with two attached hydrogens (primary N) is 1. The quantitative estimate of drug-likeness (QED) is 0.875. The first kappa shape index (κ1) is 14.4. The summed E-state index contributed by atoms with van der Waals surface area (Å²) in [6.45, 7) is 3.98. The second kappa shape index (κ2) is 5.99. The first-order valence-electron chi connectivity index (χ1n) is 6.15. The van der Waals surface area contributed by atoms with Gasteiger partial charge in [-0.25, -0.2) is 0 Å². The predicted octanol–water partition coefficient (Wildman–Crippen LogP) is 3.69. The lowest BCUT2D eigenvalue weighted by Gasteiger charge is -2.08. The zero-order valence-electron chi connectivity index (χ0n) is 11.4. The van der Waals surface area contributed by atoms with Gasteiger partial charge in [0.05, 0.1) is 5.69 Å². The highest BCUT2D eigenvalue weighted by molar-refractivity contribution is 7.98. The second-order valence-corrected chi connectivity index (χ2v) is 6.03. The molecule has 0 amide bonds. The van der Waals surface area contributed by atoms with Crippen LogP contribution in [0, 0.1) is 6.92 Å². The molecule has 1 atom stereocenters. The van der Waals surface area contributed by atoms with Crippen LogP contribution in [0.2, 0.25) is 5.15 Å². The van der Waals surface area contributed by atoms with Gasteiger partial charge in [-0.2, -0.15) is 5.10 Å². The Bertz CT molecular complexity index is 578. The fraction of sp³-hybridized carbons (Fsp3) is 0.357. The van der Waals surface area contributed by atoms with Gasteiger partial charge in [0.1, 0.15) is 5.15 Å². The lowest BCUT2D eigenvalue weighted by atomic mass is 10.1. The van der Waals surface area contributed by atoms with E-state index in [-0.39, 0.29) is 6.04 Å². The van der Waals surface area contributed by atoms with Gasteiger partial charge in [0.2, 0.25) is 0 Å². The molecule has 102 valence electrons. The average Bonchev–Trinajstić information content (AvgIpc) is 2.61. The van der Waals surface area contributed by atoms with Gasteiger partial charge in [0.15, 0.2) is 0 Å². The van der Waals surface area contributed by atoms with Crippen molar-refractivity contribution in [3.05, 3.63) is 46.2 Å². The molecule has 0 fully saturated rings. The first-order chi connectivity index (χ1) is 8.99. The molecule has 2 aromatic rings. The van der Waals surface area contributed by atoms with E-state index in [1.807, 2.05) is 27.0 Å². The van der Waals surface area contributed by atoms with Crippen LogP contribution in [0.15, 0.2) is 29.2 Å². The minimum Gasteiger partial charge on any atom is -0.324 e. The van der Waals surface area contributed by atoms with Crippen LogP contribution < -0.4 is 5.73 Å². The van der Waals surface area contributed by atoms with Gasteiger partial charge in [-0.15, -0.1) is 11.8 Å². The van der Waals surface area contributed by atoms with Gasteiger partial charge in [-0.1, -0.05) is 23.7 Å². The van der Waals surface area contributed by atoms with E-state index in [9.17, 15) is 0 Å². The summed E-state index contributed by atoms with van der Waals surface area (Å²) in [5, 5.41) is 5.04. The van der Waals surface area contributed by atoms with E-state index in [4.69, 9.17) is 17.3 Å². The number of rotatable bonds is 4. The zero-order valence-corrected chi connectivity index (χ0v) is 12.9. The minimum atomic E-state index is 0.0595. The summed E-state index contributed by atoms with van der Waals surface area (Å²) in [7, 11) is 1.86. The van der Waals surface area contributed by atoms with E-state index < -0.39 is 0 Å². The molecule has 0 saturated heterocycles. The first-order valence-corrected chi connectivity index (χ1v) is 7.51. The van der Waals surface area contributed by atoms with Crippen LogP contribution in [0.5, 0.6) is 0 Å². The molecular formula is C14H18ClN3S. The normalized spacial score (nSPS) is 12.7. The highest BCUT2D eigenvalue weighted by atomic mass is 35.5. The Balaban J connectivity index is 2.12. The molecule has 3 nitrogen and oxygen atoms in total. The van der Waals surface area contributed by atoms with Crippen molar-refractivity contribution in [2.24, 2.45) is 12.8 Å². The van der Waals surface area contributed by atoms with Gasteiger partial charge in [0.25, 0.3) is 0 Å². The van der Waals surface area contributed by atoms with E-state index in [0.717, 1.165) is 22.6 Å². The number of nitrogens with zero attached hydrogens (tertiary/aromatic N) is 2. The van der Waals surface area contributed by atoms with Crippen molar-refractivity contribution in [3.8, 4) is 0 Å². The molecule has 2 N–H and O–H groups in total. The maximum atomic E-state index is 6.23. The van der Waals surface area contributed by atoms with E-state index in [0.29, 0.717) is 5.15 Å². The molecule has 1 heterocycles. The maximum Gasteiger partial charge on any atom is 0.131 e. The Morgan fingerprint density at radius 2 is 2.21 bits per heavy atom. The fourth-order valence-electron chi connectivity index (χ4n) is 1.88. The van der Waals surface area contributed by atoms with Crippen molar-refractivity contribution in [1.29, 1.82) is 0 Å². The van der Waals surface area contributed by atoms with Gasteiger partial charge < -0.3 is 5.73 Å². The number of halogens is 1. The molecule has 1 aromatic heterocycles. The monoisotopic (exact) mass is 295 g/mol. The molecule has 0 aliphatic carbocycles. The number of hydrogen-bond acceptors (Lipinski definition) is 3. The van der Waals surface area contributed by atoms with E-state index in [1.165, 1.54) is 4.90 Å². The van der Waals surface area contributed by atoms with Crippen molar-refractivity contribution in [3.63, 3.8) is 0 Å². The number of aryl methyl sites for hydroxylation is 2. The van der Waals surface area contributed by atoms with Crippen LogP contribution in [0.1, 0.15) is 29.8 Å². The summed E-state index contributed by atoms with van der Waals surface area (Å²) in [5.41, 5.74) is 9.14. The summed E-state index contributed by atoms with van der Waals surface area (Å²) >= 11 is 7.98. The van der Waals surface area contributed by atoms with Crippen LogP contribution in [-0.4, -0.2) is 9.78 Å². The van der Waals surface area contributed by atoms with Crippen molar-refractivity contribution >= 4 is 23.4 Å². The highest BCUT2D eigenvalue weighted by Crippen LogP contribution is 2.29. The van der Waals surface area contributed by atoms with Gasteiger partial charge in [0, 0.05) is 29.3 Å². The van der Waals surface area contributed by atoms with E-state index >= 15 is 0 Å². The smallest absolute Gasteiger partial charge is 0.131 e. The summed E-state index contributed by atoms with van der Waals surface area (Å²) in [6, 6.07) is 8.38. The SMILES string of the molecule is Cc1nn(C)c(Cl)c1CSc1cccc(C(C)N)c1. The largest absolute Gasteiger partial charge is 0.324 e. The Labute approximate surface area is 123 Å². The van der Waals surface area contributed by atoms with E-state index in [1.54, 1.807) is 16.4 Å². The molecule has 1 aromatic carbocycles. The minimum absolute atomic E-state index is 0.0595. The molecule has 1 unspecified atom stereocenters. The Hall–Kier alpha value is -0.970. The van der Waals surface area contributed by atoms with Crippen LogP contribution in [0.25, 0.3) is 0 Å². The van der Waals surface area contributed by atoms with Crippen LogP contribution in [-0.2, 0) is 12.8 Å². The van der Waals surface area contributed by atoms with Crippen molar-refractivity contribution < 1.29 is 0 Å². The summed E-state index contributed by atoms with van der Waals surface area (Å²) in [6.07, 6.45) is 0. The standard InChI is InChI=1S/C14H18ClN3S/c1-9(16)11-5-4-6-12(7-11)19-8-13-10(2)17-18(3)14(13)15/h4-7,9H,8,16H2,1-3H3. The summed E-state index contributed by atoms with van der Waals surface area (Å²) in [4.78, 5) is 1.20. The van der Waals surface area contributed by atoms with Crippen molar-refractivity contribution in [2.75, 3.05) is 0 Å². The zero-order chi connectivity index (χ0) is 14.0. The maximum absolute atomic E-state index is 6.23. The lowest BCUT2D eigenvalue weighted by Crippen LogP contribution is -2.04. The average molecular weight is 296 g/mol. The Kier molecular flexibility index (Phi) is 4.55. The number of aromatic nitrogens is 2. The molecule has 19 heavy (non-hydrogen) atoms. The molecule has 0 aliphatic heterocycles. The second-order valence-electron chi connectivity index (χ2n) is 4.63. The third kappa shape index (κ3) is 3.32. The Morgan fingerprint density at radius 3 is 2.79 bits per heavy atom. The van der Waals surface area contributed by atoms with Crippen molar-refractivity contribution in [2.45, 2.75) is 30.5 Å². The molecule has 5 heteroatoms. The van der Waals surface area contributed by atoms with Gasteiger partial charge >= 0.3 is 0 Å². The highest BCUT2D eigenvalue weighted by Gasteiger charge is 2.11. The fourth-order valence-corrected chi connectivity index (χ4v) is 3.25. The molecule has 0 radical (unpaired) electrons. The molecule has 0 bridgehead atoms. The van der Waals surface area contributed by atoms with Crippen LogP contribution in [0.4, 0.5) is 0 Å². The van der Waals surface area contributed by atoms with E-state index in [2.05, 4.69) is 23.3 Å². The Morgan fingerprint density at radius 1 is 1.47 bits per heavy atom. The third-order valence-corrected chi connectivity index (χ3v) is 4.53. The van der Waals surface area contributed by atoms with Crippen LogP contribution >= 0.6 is 23.4 Å². The van der Waals surface area contributed by atoms with Crippen LogP contribution in [0.3, 0.4) is 0 Å². The topological polar surface area (TPSA) is 43.8 Å². The molecule has 0 saturated carbocycles. The lowest BCUT2D eigenvalue weighted by molar-refractivity contribution is 0.757. The van der Waals surface area contributed by atoms with Gasteiger partial charge in [-0.3, -0.25) is 4.68 Å². The molecule has 0 spiro atoms. The summed E-state index contributed by atoms with van der Waals surface area (Å²) < 4.78 is 1.71. The summed E-state index contributed by atoms with van der Waals surface area (Å²) in [5.74, 6) is 0.820. The number of hydrogen-bond donors (Lipinski definition) is 1. The number of thioether (sulfide) groups is 1. The third-order valence-electron chi connectivity index (χ3n) is 3.04. The predicted molar refractivity (Wildman–Crippen MR) is 81.6 cm³/mol. The molecule has 0 aliphatic rings. The van der Waals surface area contributed by atoms with Gasteiger partial charge in [-0.05, 0) is 31.5 Å². The molecular weight excluding hydrogens is 278 g/mol. The number of benzene rings is 1. The molecule has 2 rings (SSSR count). The van der Waals surface area contributed by atoms with Crippen molar-refractivity contribution in [1.82, 2.24) is 9.78 Å².